The number of aryl methyl sites for hydroxylation is 1. The lowest BCUT2D eigenvalue weighted by atomic mass is 10.7. The zero-order valence-corrected chi connectivity index (χ0v) is 6.57. The van der Waals surface area contributed by atoms with Crippen molar-refractivity contribution in [1.29, 1.82) is 0 Å². The summed E-state index contributed by atoms with van der Waals surface area (Å²) in [6, 6.07) is 0. The second-order valence-corrected chi connectivity index (χ2v) is 2.04. The number of hydrogen-bond donors (Lipinski definition) is 0. The van der Waals surface area contributed by atoms with E-state index in [1.165, 1.54) is 4.57 Å². The van der Waals surface area contributed by atoms with E-state index in [1.54, 1.807) is 26.2 Å². The monoisotopic (exact) mass is 154 g/mol. The van der Waals surface area contributed by atoms with E-state index in [9.17, 15) is 4.79 Å². The molecule has 0 aliphatic carbocycles. The normalized spacial score (nSPS) is 9.64. The molecule has 0 saturated heterocycles. The van der Waals surface area contributed by atoms with Crippen LogP contribution in [-0.4, -0.2) is 22.3 Å². The van der Waals surface area contributed by atoms with Gasteiger partial charge in [-0.3, -0.25) is 0 Å². The molecule has 0 aliphatic heterocycles. The summed E-state index contributed by atoms with van der Waals surface area (Å²) in [7, 11) is 0. The number of nitrogens with zero attached hydrogens (tertiary/aromatic N) is 2. The first-order valence-electron chi connectivity index (χ1n) is 3.42. The summed E-state index contributed by atoms with van der Waals surface area (Å²) in [5.41, 5.74) is 0. The van der Waals surface area contributed by atoms with Crippen LogP contribution < -0.4 is 0 Å². The topological polar surface area (TPSA) is 44.1 Å². The van der Waals surface area contributed by atoms with Crippen LogP contribution >= 0.6 is 0 Å². The molecule has 1 aromatic rings. The van der Waals surface area contributed by atoms with Gasteiger partial charge in [-0.1, -0.05) is 0 Å². The average molecular weight is 154 g/mol. The van der Waals surface area contributed by atoms with E-state index in [0.717, 1.165) is 0 Å². The van der Waals surface area contributed by atoms with Crippen LogP contribution in [0.1, 0.15) is 12.7 Å². The number of imidazole rings is 1. The smallest absolute Gasteiger partial charge is 0.419 e. The molecule has 0 atom stereocenters. The Hall–Kier alpha value is -1.32. The van der Waals surface area contributed by atoms with Crippen LogP contribution in [0.4, 0.5) is 4.79 Å². The first kappa shape index (κ1) is 7.78. The first-order chi connectivity index (χ1) is 5.25. The van der Waals surface area contributed by atoms with Crippen molar-refractivity contribution in [2.24, 2.45) is 0 Å². The second-order valence-electron chi connectivity index (χ2n) is 2.04. The van der Waals surface area contributed by atoms with Gasteiger partial charge >= 0.3 is 6.09 Å². The van der Waals surface area contributed by atoms with E-state index in [0.29, 0.717) is 12.4 Å². The minimum Gasteiger partial charge on any atom is -0.449 e. The van der Waals surface area contributed by atoms with Gasteiger partial charge in [0.2, 0.25) is 0 Å². The Morgan fingerprint density at radius 3 is 3.00 bits per heavy atom. The van der Waals surface area contributed by atoms with Gasteiger partial charge in [0, 0.05) is 12.4 Å². The van der Waals surface area contributed by atoms with Crippen LogP contribution in [-0.2, 0) is 4.74 Å². The van der Waals surface area contributed by atoms with Gasteiger partial charge in [0.05, 0.1) is 6.61 Å². The molecule has 0 unspecified atom stereocenters. The van der Waals surface area contributed by atoms with Gasteiger partial charge in [-0.2, -0.15) is 0 Å². The summed E-state index contributed by atoms with van der Waals surface area (Å²) in [6.07, 6.45) is 2.77. The molecule has 1 aromatic heterocycles. The van der Waals surface area contributed by atoms with Crippen molar-refractivity contribution in [2.45, 2.75) is 13.8 Å². The summed E-state index contributed by atoms with van der Waals surface area (Å²) in [5.74, 6) is 0.642. The lowest BCUT2D eigenvalue weighted by Gasteiger charge is -2.01. The van der Waals surface area contributed by atoms with Gasteiger partial charge in [0.15, 0.2) is 0 Å². The maximum atomic E-state index is 11.0. The fourth-order valence-electron chi connectivity index (χ4n) is 0.764. The third kappa shape index (κ3) is 1.58. The predicted molar refractivity (Wildman–Crippen MR) is 39.4 cm³/mol. The largest absolute Gasteiger partial charge is 0.449 e. The van der Waals surface area contributed by atoms with Crippen LogP contribution in [0.25, 0.3) is 0 Å². The number of ether oxygens (including phenoxy) is 1. The third-order valence-corrected chi connectivity index (χ3v) is 1.29. The van der Waals surface area contributed by atoms with Gasteiger partial charge in [0.1, 0.15) is 5.82 Å². The molecule has 60 valence electrons. The minimum atomic E-state index is -0.373. The first-order valence-corrected chi connectivity index (χ1v) is 3.42. The lowest BCUT2D eigenvalue weighted by molar-refractivity contribution is 0.153. The Labute approximate surface area is 64.8 Å². The Morgan fingerprint density at radius 2 is 2.55 bits per heavy atom. The number of aromatic nitrogens is 2. The Kier molecular flexibility index (Phi) is 2.25. The zero-order chi connectivity index (χ0) is 8.27. The number of carbonyl (C=O) groups excluding carboxylic acids is 1. The van der Waals surface area contributed by atoms with Crippen LogP contribution in [0.2, 0.25) is 0 Å². The van der Waals surface area contributed by atoms with Crippen molar-refractivity contribution in [2.75, 3.05) is 6.61 Å². The highest BCUT2D eigenvalue weighted by Gasteiger charge is 2.05. The minimum absolute atomic E-state index is 0.373. The Morgan fingerprint density at radius 1 is 1.82 bits per heavy atom. The summed E-state index contributed by atoms with van der Waals surface area (Å²) < 4.78 is 6.12. The Bertz CT molecular complexity index is 255. The Balaban J connectivity index is 2.76. The summed E-state index contributed by atoms with van der Waals surface area (Å²) >= 11 is 0. The van der Waals surface area contributed by atoms with E-state index in [4.69, 9.17) is 4.74 Å². The molecule has 0 amide bonds. The number of hydrogen-bond acceptors (Lipinski definition) is 3. The fourth-order valence-corrected chi connectivity index (χ4v) is 0.764. The van der Waals surface area contributed by atoms with E-state index in [2.05, 4.69) is 4.98 Å². The van der Waals surface area contributed by atoms with Crippen LogP contribution in [0.3, 0.4) is 0 Å². The maximum absolute atomic E-state index is 11.0. The van der Waals surface area contributed by atoms with Crippen LogP contribution in [0.5, 0.6) is 0 Å². The SMILES string of the molecule is CCOC(=O)n1ccnc1C. The molecular formula is C7H10N2O2. The molecule has 0 fully saturated rings. The van der Waals surface area contributed by atoms with Crippen molar-refractivity contribution >= 4 is 6.09 Å². The fraction of sp³-hybridized carbons (Fsp3) is 0.429. The van der Waals surface area contributed by atoms with Crippen molar-refractivity contribution in [1.82, 2.24) is 9.55 Å². The molecule has 0 radical (unpaired) electrons. The molecule has 0 aliphatic rings. The molecule has 0 bridgehead atoms. The molecule has 4 heteroatoms. The maximum Gasteiger partial charge on any atom is 0.419 e. The van der Waals surface area contributed by atoms with E-state index >= 15 is 0 Å². The van der Waals surface area contributed by atoms with Crippen molar-refractivity contribution in [3.63, 3.8) is 0 Å². The van der Waals surface area contributed by atoms with E-state index < -0.39 is 0 Å². The van der Waals surface area contributed by atoms with E-state index in [1.807, 2.05) is 0 Å². The van der Waals surface area contributed by atoms with Gasteiger partial charge in [-0.25, -0.2) is 14.3 Å². The molecule has 1 rings (SSSR count). The highest BCUT2D eigenvalue weighted by Crippen LogP contribution is 1.96. The van der Waals surface area contributed by atoms with Crippen LogP contribution in [0, 0.1) is 6.92 Å². The second kappa shape index (κ2) is 3.18. The summed E-state index contributed by atoms with van der Waals surface area (Å²) in [5, 5.41) is 0. The molecule has 0 N–H and O–H groups in total. The molecule has 11 heavy (non-hydrogen) atoms. The molecule has 0 aromatic carbocycles. The van der Waals surface area contributed by atoms with E-state index in [-0.39, 0.29) is 6.09 Å². The van der Waals surface area contributed by atoms with Crippen molar-refractivity contribution in [3.8, 4) is 0 Å². The average Bonchev–Trinajstić information content (AvgIpc) is 2.36. The standard InChI is InChI=1S/C7H10N2O2/c1-3-11-7(10)9-5-4-8-6(9)2/h4-5H,3H2,1-2H3. The number of carbonyl (C=O) groups is 1. The zero-order valence-electron chi connectivity index (χ0n) is 6.57. The van der Waals surface area contributed by atoms with Crippen LogP contribution in [0.15, 0.2) is 12.4 Å². The summed E-state index contributed by atoms with van der Waals surface area (Å²) in [4.78, 5) is 14.9. The lowest BCUT2D eigenvalue weighted by Crippen LogP contribution is -2.13. The van der Waals surface area contributed by atoms with Gasteiger partial charge in [0.25, 0.3) is 0 Å². The molecular weight excluding hydrogens is 144 g/mol. The number of rotatable bonds is 1. The highest BCUT2D eigenvalue weighted by molar-refractivity contribution is 5.70. The molecule has 4 nitrogen and oxygen atoms in total. The quantitative estimate of drug-likeness (QED) is 0.610. The predicted octanol–water partition coefficient (Wildman–Crippen LogP) is 1.20. The van der Waals surface area contributed by atoms with Gasteiger partial charge in [-0.05, 0) is 13.8 Å². The van der Waals surface area contributed by atoms with Crippen molar-refractivity contribution in [3.05, 3.63) is 18.2 Å². The molecule has 1 heterocycles. The molecule has 0 spiro atoms. The third-order valence-electron chi connectivity index (χ3n) is 1.29. The highest BCUT2D eigenvalue weighted by atomic mass is 16.5. The van der Waals surface area contributed by atoms with Gasteiger partial charge in [-0.15, -0.1) is 0 Å². The molecule has 0 saturated carbocycles. The van der Waals surface area contributed by atoms with Gasteiger partial charge < -0.3 is 4.74 Å². The summed E-state index contributed by atoms with van der Waals surface area (Å²) in [6.45, 7) is 3.90. The van der Waals surface area contributed by atoms with Crippen molar-refractivity contribution < 1.29 is 9.53 Å².